The second-order valence-corrected chi connectivity index (χ2v) is 11.6. The van der Waals surface area contributed by atoms with E-state index in [1.165, 1.54) is 16.7 Å². The van der Waals surface area contributed by atoms with Crippen molar-refractivity contribution in [2.75, 3.05) is 32.7 Å². The summed E-state index contributed by atoms with van der Waals surface area (Å²) in [5, 5.41) is 10.8. The van der Waals surface area contributed by atoms with Crippen LogP contribution in [-0.2, 0) is 24.3 Å². The van der Waals surface area contributed by atoms with Gasteiger partial charge in [0.1, 0.15) is 0 Å². The first kappa shape index (κ1) is 25.3. The molecule has 8 nitrogen and oxygen atoms in total. The summed E-state index contributed by atoms with van der Waals surface area (Å²) in [5.41, 5.74) is 4.87. The molecular weight excluding hydrogens is 478 g/mol. The van der Waals surface area contributed by atoms with Gasteiger partial charge in [-0.05, 0) is 60.8 Å². The molecule has 5 heterocycles. The van der Waals surface area contributed by atoms with Crippen molar-refractivity contribution in [3.05, 3.63) is 65.0 Å². The van der Waals surface area contributed by atoms with Crippen molar-refractivity contribution in [2.24, 2.45) is 0 Å². The molecule has 2 bridgehead atoms. The van der Waals surface area contributed by atoms with Crippen LogP contribution in [0.1, 0.15) is 60.9 Å². The zero-order valence-electron chi connectivity index (χ0n) is 22.3. The number of hydrogen-bond acceptors (Lipinski definition) is 5. The Morgan fingerprint density at radius 2 is 1.74 bits per heavy atom. The predicted molar refractivity (Wildman–Crippen MR) is 144 cm³/mol. The maximum atomic E-state index is 13.0. The van der Waals surface area contributed by atoms with Crippen molar-refractivity contribution in [1.29, 1.82) is 0 Å². The van der Waals surface area contributed by atoms with Gasteiger partial charge in [0.05, 0.1) is 18.3 Å². The Hall–Kier alpha value is -2.97. The van der Waals surface area contributed by atoms with E-state index in [9.17, 15) is 14.7 Å². The number of rotatable bonds is 7. The smallest absolute Gasteiger partial charge is 0.320 e. The van der Waals surface area contributed by atoms with Crippen molar-refractivity contribution in [2.45, 2.75) is 76.2 Å². The van der Waals surface area contributed by atoms with Crippen LogP contribution in [0.15, 0.2) is 42.6 Å². The van der Waals surface area contributed by atoms with Gasteiger partial charge in [-0.15, -0.1) is 0 Å². The number of carbonyl (C=O) groups is 2. The Balaban J connectivity index is 0.988. The van der Waals surface area contributed by atoms with E-state index in [1.54, 1.807) is 11.8 Å². The van der Waals surface area contributed by atoms with E-state index in [0.29, 0.717) is 50.7 Å². The average Bonchev–Trinajstić information content (AvgIpc) is 3.39. The van der Waals surface area contributed by atoms with Gasteiger partial charge < -0.3 is 19.8 Å². The number of piperidine rings is 1. The molecule has 1 N–H and O–H groups in total. The lowest BCUT2D eigenvalue weighted by molar-refractivity contribution is -0.133. The minimum absolute atomic E-state index is 0.0212. The number of carbonyl (C=O) groups excluding carboxylic acids is 2. The lowest BCUT2D eigenvalue weighted by atomic mass is 9.85. The maximum absolute atomic E-state index is 13.0. The molecule has 4 aliphatic heterocycles. The number of benzene rings is 1. The first-order valence-corrected chi connectivity index (χ1v) is 14.2. The number of aliphatic hydroxyl groups excluding tert-OH is 1. The van der Waals surface area contributed by atoms with E-state index in [2.05, 4.69) is 40.1 Å². The summed E-state index contributed by atoms with van der Waals surface area (Å²) in [5.74, 6) is 0.655. The van der Waals surface area contributed by atoms with Crippen molar-refractivity contribution >= 4 is 11.9 Å². The van der Waals surface area contributed by atoms with E-state index in [0.717, 1.165) is 50.9 Å². The summed E-state index contributed by atoms with van der Waals surface area (Å²) in [6, 6.07) is 13.4. The van der Waals surface area contributed by atoms with Crippen molar-refractivity contribution in [3.8, 4) is 0 Å². The summed E-state index contributed by atoms with van der Waals surface area (Å²) in [6.45, 7) is 6.20. The van der Waals surface area contributed by atoms with Crippen LogP contribution in [0, 0.1) is 0 Å². The predicted octanol–water partition coefficient (Wildman–Crippen LogP) is 3.00. The zero-order valence-corrected chi connectivity index (χ0v) is 22.3. The van der Waals surface area contributed by atoms with Crippen molar-refractivity contribution in [1.82, 2.24) is 24.6 Å². The molecule has 1 aromatic heterocycles. The summed E-state index contributed by atoms with van der Waals surface area (Å²) in [7, 11) is 0. The van der Waals surface area contributed by atoms with Gasteiger partial charge in [-0.3, -0.25) is 14.7 Å². The van der Waals surface area contributed by atoms with E-state index in [1.807, 2.05) is 17.2 Å². The molecule has 0 aliphatic carbocycles. The van der Waals surface area contributed by atoms with Crippen molar-refractivity contribution in [3.63, 3.8) is 0 Å². The molecule has 202 valence electrons. The molecule has 0 saturated carbocycles. The lowest BCUT2D eigenvalue weighted by Gasteiger charge is -2.38. The lowest BCUT2D eigenvalue weighted by Crippen LogP contribution is -2.44. The Morgan fingerprint density at radius 3 is 2.45 bits per heavy atom. The van der Waals surface area contributed by atoms with Crippen LogP contribution in [0.4, 0.5) is 4.79 Å². The standard InChI is InChI=1S/C30H39N5O3/c1-21(36)35-27-8-9-28(35)15-25(14-27)23-6-7-26(31-16-23)18-33-12-13-34(30(33)38)20-29(37)19-32-11-10-22-4-2-3-5-24(22)17-32/h2-7,16,25,27-29,37H,8-15,17-20H2,1H3/t25?,27?,28?,29-/m1/s1. The molecule has 3 fully saturated rings. The molecule has 3 atom stereocenters. The first-order valence-electron chi connectivity index (χ1n) is 14.2. The van der Waals surface area contributed by atoms with Crippen molar-refractivity contribution < 1.29 is 14.7 Å². The van der Waals surface area contributed by atoms with Gasteiger partial charge in [0.25, 0.3) is 0 Å². The topological polar surface area (TPSA) is 80.2 Å². The minimum Gasteiger partial charge on any atom is -0.390 e. The largest absolute Gasteiger partial charge is 0.390 e. The maximum Gasteiger partial charge on any atom is 0.320 e. The SMILES string of the molecule is CC(=O)N1C2CCC1CC(c1ccc(CN3CCN(C[C@H](O)CN4CCc5ccccc5C4)C3=O)nc1)C2. The third-order valence-corrected chi connectivity index (χ3v) is 9.06. The first-order chi connectivity index (χ1) is 18.4. The molecule has 3 amide bonds. The highest BCUT2D eigenvalue weighted by Crippen LogP contribution is 2.42. The second kappa shape index (κ2) is 10.7. The number of β-amino-alcohol motifs (C(OH)–C–C–N with tert-alkyl or cyclic N) is 1. The third kappa shape index (κ3) is 5.16. The van der Waals surface area contributed by atoms with E-state index in [4.69, 9.17) is 4.98 Å². The summed E-state index contributed by atoms with van der Waals surface area (Å²) in [6.07, 6.45) is 6.67. The van der Waals surface area contributed by atoms with E-state index >= 15 is 0 Å². The van der Waals surface area contributed by atoms with Gasteiger partial charge in [0, 0.05) is 64.5 Å². The van der Waals surface area contributed by atoms with Crippen LogP contribution in [0.2, 0.25) is 0 Å². The van der Waals surface area contributed by atoms with Crippen LogP contribution in [0.5, 0.6) is 0 Å². The Kier molecular flexibility index (Phi) is 7.10. The van der Waals surface area contributed by atoms with Crippen LogP contribution in [0.25, 0.3) is 0 Å². The fourth-order valence-electron chi connectivity index (χ4n) is 7.20. The molecule has 38 heavy (non-hydrogen) atoms. The fraction of sp³-hybridized carbons (Fsp3) is 0.567. The molecular formula is C30H39N5O3. The number of urea groups is 1. The van der Waals surface area contributed by atoms with Crippen LogP contribution < -0.4 is 0 Å². The number of nitrogens with zero attached hydrogens (tertiary/aromatic N) is 5. The van der Waals surface area contributed by atoms with Crippen LogP contribution in [0.3, 0.4) is 0 Å². The molecule has 4 aliphatic rings. The highest BCUT2D eigenvalue weighted by molar-refractivity contribution is 5.76. The molecule has 6 rings (SSSR count). The molecule has 3 saturated heterocycles. The quantitative estimate of drug-likeness (QED) is 0.611. The molecule has 1 aromatic carbocycles. The number of pyridine rings is 1. The highest BCUT2D eigenvalue weighted by Gasteiger charge is 2.42. The van der Waals surface area contributed by atoms with Gasteiger partial charge >= 0.3 is 6.03 Å². The Labute approximate surface area is 225 Å². The van der Waals surface area contributed by atoms with Gasteiger partial charge in [0.2, 0.25) is 5.91 Å². The van der Waals surface area contributed by atoms with Gasteiger partial charge in [0.15, 0.2) is 0 Å². The van der Waals surface area contributed by atoms with Gasteiger partial charge in [-0.25, -0.2) is 4.79 Å². The monoisotopic (exact) mass is 517 g/mol. The van der Waals surface area contributed by atoms with Crippen LogP contribution in [-0.4, -0.2) is 92.5 Å². The van der Waals surface area contributed by atoms with E-state index < -0.39 is 6.10 Å². The van der Waals surface area contributed by atoms with Gasteiger partial charge in [-0.2, -0.15) is 0 Å². The Morgan fingerprint density at radius 1 is 1.00 bits per heavy atom. The zero-order chi connectivity index (χ0) is 26.2. The number of hydrogen-bond donors (Lipinski definition) is 1. The minimum atomic E-state index is -0.564. The van der Waals surface area contributed by atoms with Gasteiger partial charge in [-0.1, -0.05) is 30.3 Å². The Bertz CT molecular complexity index is 1160. The number of fused-ring (bicyclic) bond motifs is 3. The fourth-order valence-corrected chi connectivity index (χ4v) is 7.20. The molecule has 0 radical (unpaired) electrons. The number of amides is 3. The van der Waals surface area contributed by atoms with Crippen LogP contribution >= 0.6 is 0 Å². The normalized spacial score (nSPS) is 26.1. The molecule has 8 heteroatoms. The third-order valence-electron chi connectivity index (χ3n) is 9.06. The summed E-state index contributed by atoms with van der Waals surface area (Å²) >= 11 is 0. The summed E-state index contributed by atoms with van der Waals surface area (Å²) < 4.78 is 0. The average molecular weight is 518 g/mol. The summed E-state index contributed by atoms with van der Waals surface area (Å²) in [4.78, 5) is 37.8. The molecule has 2 aromatic rings. The van der Waals surface area contributed by atoms with E-state index in [-0.39, 0.29) is 11.9 Å². The number of aliphatic hydroxyl groups is 1. The second-order valence-electron chi connectivity index (χ2n) is 11.6. The number of aromatic nitrogens is 1. The molecule has 0 spiro atoms. The highest BCUT2D eigenvalue weighted by atomic mass is 16.3. The molecule has 2 unspecified atom stereocenters.